The minimum atomic E-state index is -3.57. The molecule has 1 aromatic heterocycles. The lowest BCUT2D eigenvalue weighted by atomic mass is 10.0. The van der Waals surface area contributed by atoms with Crippen molar-refractivity contribution >= 4 is 27.7 Å². The van der Waals surface area contributed by atoms with Gasteiger partial charge >= 0.3 is 0 Å². The number of piperidine rings is 1. The molecule has 3 aromatic rings. The molecular formula is C25H29N5O3S. The van der Waals surface area contributed by atoms with Crippen LogP contribution >= 0.6 is 0 Å². The quantitative estimate of drug-likeness (QED) is 0.544. The lowest BCUT2D eigenvalue weighted by Crippen LogP contribution is -2.37. The predicted molar refractivity (Wildman–Crippen MR) is 132 cm³/mol. The predicted octanol–water partition coefficient (Wildman–Crippen LogP) is 3.47. The highest BCUT2D eigenvalue weighted by Crippen LogP contribution is 2.25. The summed E-state index contributed by atoms with van der Waals surface area (Å²) in [6.07, 6.45) is 4.71. The van der Waals surface area contributed by atoms with Crippen LogP contribution in [0.3, 0.4) is 0 Å². The molecule has 0 saturated carbocycles. The second-order valence-electron chi connectivity index (χ2n) is 8.94. The molecule has 0 unspecified atom stereocenters. The second-order valence-corrected chi connectivity index (χ2v) is 10.9. The van der Waals surface area contributed by atoms with E-state index in [9.17, 15) is 13.2 Å². The van der Waals surface area contributed by atoms with Crippen molar-refractivity contribution in [3.63, 3.8) is 0 Å². The Bertz CT molecular complexity index is 1310. The Kier molecular flexibility index (Phi) is 6.67. The fourth-order valence-corrected chi connectivity index (χ4v) is 5.64. The molecule has 2 heterocycles. The van der Waals surface area contributed by atoms with E-state index < -0.39 is 15.9 Å². The molecule has 1 fully saturated rings. The smallest absolute Gasteiger partial charge is 0.250 e. The fraction of sp³-hybridized carbons (Fsp3) is 0.320. The van der Waals surface area contributed by atoms with Gasteiger partial charge in [0.2, 0.25) is 10.0 Å². The van der Waals surface area contributed by atoms with Gasteiger partial charge < -0.3 is 5.73 Å². The number of nitrogens with zero attached hydrogens (tertiary/aromatic N) is 4. The third kappa shape index (κ3) is 5.10. The van der Waals surface area contributed by atoms with Gasteiger partial charge in [-0.1, -0.05) is 36.2 Å². The zero-order valence-corrected chi connectivity index (χ0v) is 20.4. The highest BCUT2D eigenvalue weighted by molar-refractivity contribution is 7.89. The summed E-state index contributed by atoms with van der Waals surface area (Å²) in [6.45, 7) is 7.19. The van der Waals surface area contributed by atoms with Gasteiger partial charge in [0, 0.05) is 24.9 Å². The minimum Gasteiger partial charge on any atom is -0.366 e. The van der Waals surface area contributed by atoms with Gasteiger partial charge in [0.25, 0.3) is 5.91 Å². The summed E-state index contributed by atoms with van der Waals surface area (Å²) < 4.78 is 28.9. The van der Waals surface area contributed by atoms with Crippen molar-refractivity contribution in [1.82, 2.24) is 19.1 Å². The monoisotopic (exact) mass is 479 g/mol. The van der Waals surface area contributed by atoms with Crippen LogP contribution in [0.4, 0.5) is 0 Å². The third-order valence-electron chi connectivity index (χ3n) is 6.06. The Hall–Kier alpha value is -3.30. The van der Waals surface area contributed by atoms with Crippen molar-refractivity contribution < 1.29 is 13.2 Å². The van der Waals surface area contributed by atoms with Crippen molar-refractivity contribution in [2.45, 2.75) is 38.5 Å². The molecule has 8 nitrogen and oxygen atoms in total. The van der Waals surface area contributed by atoms with Crippen LogP contribution in [-0.2, 0) is 14.8 Å². The van der Waals surface area contributed by atoms with Crippen LogP contribution in [0.25, 0.3) is 23.2 Å². The topological polar surface area (TPSA) is 111 Å². The maximum absolute atomic E-state index is 13.0. The number of benzene rings is 2. The number of hydrogen-bond acceptors (Lipinski definition) is 5. The molecule has 0 bridgehead atoms. The van der Waals surface area contributed by atoms with Crippen molar-refractivity contribution in [2.24, 2.45) is 11.7 Å². The van der Waals surface area contributed by atoms with E-state index in [1.807, 2.05) is 26.0 Å². The molecule has 178 valence electrons. The van der Waals surface area contributed by atoms with Gasteiger partial charge in [-0.05, 0) is 62.4 Å². The van der Waals surface area contributed by atoms with Crippen LogP contribution < -0.4 is 5.73 Å². The third-order valence-corrected chi connectivity index (χ3v) is 7.97. The van der Waals surface area contributed by atoms with Crippen molar-refractivity contribution in [1.29, 1.82) is 0 Å². The van der Waals surface area contributed by atoms with Gasteiger partial charge in [-0.15, -0.1) is 5.10 Å². The van der Waals surface area contributed by atoms with Crippen molar-refractivity contribution in [2.75, 3.05) is 13.1 Å². The first-order valence-corrected chi connectivity index (χ1v) is 12.7. The number of aryl methyl sites for hydroxylation is 2. The number of carbonyl (C=O) groups is 1. The van der Waals surface area contributed by atoms with Gasteiger partial charge in [0.1, 0.15) is 6.33 Å². The van der Waals surface area contributed by atoms with Gasteiger partial charge in [-0.2, -0.15) is 4.31 Å². The second kappa shape index (κ2) is 9.52. The molecule has 1 saturated heterocycles. The van der Waals surface area contributed by atoms with Gasteiger partial charge in [0.15, 0.2) is 5.82 Å². The summed E-state index contributed by atoms with van der Waals surface area (Å²) in [7, 11) is -3.57. The Morgan fingerprint density at radius 2 is 1.68 bits per heavy atom. The molecule has 0 atom stereocenters. The Balaban J connectivity index is 1.60. The van der Waals surface area contributed by atoms with E-state index in [2.05, 4.69) is 23.1 Å². The summed E-state index contributed by atoms with van der Waals surface area (Å²) in [5.41, 5.74) is 9.43. The zero-order valence-electron chi connectivity index (χ0n) is 19.6. The van der Waals surface area contributed by atoms with Crippen LogP contribution in [0.1, 0.15) is 36.5 Å². The fourth-order valence-electron chi connectivity index (χ4n) is 4.17. The van der Waals surface area contributed by atoms with E-state index in [1.165, 1.54) is 33.6 Å². The average Bonchev–Trinajstić information content (AvgIpc) is 3.26. The molecule has 1 aliphatic rings. The molecule has 34 heavy (non-hydrogen) atoms. The van der Waals surface area contributed by atoms with Crippen LogP contribution in [0.2, 0.25) is 0 Å². The van der Waals surface area contributed by atoms with E-state index in [0.29, 0.717) is 30.4 Å². The highest BCUT2D eigenvalue weighted by Gasteiger charge is 2.28. The number of aromatic nitrogens is 3. The van der Waals surface area contributed by atoms with E-state index in [4.69, 9.17) is 5.73 Å². The first-order valence-electron chi connectivity index (χ1n) is 11.3. The number of nitrogens with two attached hydrogens (primary N) is 1. The summed E-state index contributed by atoms with van der Waals surface area (Å²) in [5.74, 6) is 0.414. The first-order chi connectivity index (χ1) is 16.1. The van der Waals surface area contributed by atoms with Crippen molar-refractivity contribution in [3.8, 4) is 11.4 Å². The minimum absolute atomic E-state index is 0.201. The van der Waals surface area contributed by atoms with Crippen LogP contribution in [0, 0.1) is 19.8 Å². The molecule has 4 rings (SSSR count). The summed E-state index contributed by atoms with van der Waals surface area (Å²) in [4.78, 5) is 16.7. The number of hydrogen-bond donors (Lipinski definition) is 1. The summed E-state index contributed by atoms with van der Waals surface area (Å²) in [5, 5.41) is 4.45. The van der Waals surface area contributed by atoms with E-state index in [0.717, 1.165) is 29.5 Å². The summed E-state index contributed by atoms with van der Waals surface area (Å²) in [6, 6.07) is 12.3. The van der Waals surface area contributed by atoms with E-state index >= 15 is 0 Å². The van der Waals surface area contributed by atoms with Crippen molar-refractivity contribution in [3.05, 3.63) is 65.5 Å². The standard InChI is InChI=1S/C25H29N5O3S/c1-17-8-10-30(11-9-17)34(32,33)22-6-4-20(5-7-22)23(24(26)31)15-29-16-27-25(28-29)21-13-18(2)12-19(3)14-21/h4-7,12-17H,8-11H2,1-3H3,(H2,26,31)/b23-15+. The van der Waals surface area contributed by atoms with Gasteiger partial charge in [0.05, 0.1) is 10.5 Å². The van der Waals surface area contributed by atoms with Gasteiger partial charge in [-0.25, -0.2) is 18.1 Å². The lowest BCUT2D eigenvalue weighted by Gasteiger charge is -2.29. The maximum atomic E-state index is 13.0. The van der Waals surface area contributed by atoms with Gasteiger partial charge in [-0.3, -0.25) is 4.79 Å². The van der Waals surface area contributed by atoms with E-state index in [-0.39, 0.29) is 10.5 Å². The Morgan fingerprint density at radius 1 is 1.06 bits per heavy atom. The molecule has 0 aliphatic carbocycles. The van der Waals surface area contributed by atoms with Crippen LogP contribution in [0.15, 0.2) is 53.7 Å². The largest absolute Gasteiger partial charge is 0.366 e. The van der Waals surface area contributed by atoms with E-state index in [1.54, 1.807) is 12.1 Å². The normalized spacial score (nSPS) is 16.0. The zero-order chi connectivity index (χ0) is 24.5. The highest BCUT2D eigenvalue weighted by atomic mass is 32.2. The number of amides is 1. The molecule has 0 spiro atoms. The molecule has 2 N–H and O–H groups in total. The molecule has 2 aromatic carbocycles. The SMILES string of the molecule is Cc1cc(C)cc(-c2ncn(/C=C(/C(N)=O)c3ccc(S(=O)(=O)N4CCC(C)CC4)cc3)n2)c1. The molecule has 1 aliphatic heterocycles. The molecule has 1 amide bonds. The Morgan fingerprint density at radius 3 is 2.26 bits per heavy atom. The maximum Gasteiger partial charge on any atom is 0.250 e. The summed E-state index contributed by atoms with van der Waals surface area (Å²) >= 11 is 0. The number of primary amides is 1. The molecule has 0 radical (unpaired) electrons. The van der Waals surface area contributed by atoms with Crippen LogP contribution in [0.5, 0.6) is 0 Å². The molecule has 9 heteroatoms. The Labute approximate surface area is 200 Å². The number of carbonyl (C=O) groups excluding carboxylic acids is 1. The number of sulfonamides is 1. The molecular weight excluding hydrogens is 450 g/mol. The lowest BCUT2D eigenvalue weighted by molar-refractivity contribution is -0.112. The van der Waals surface area contributed by atoms with Crippen LogP contribution in [-0.4, -0.2) is 46.5 Å². The first kappa shape index (κ1) is 23.8. The number of rotatable bonds is 6. The average molecular weight is 480 g/mol.